The van der Waals surface area contributed by atoms with Crippen molar-refractivity contribution in [1.29, 1.82) is 0 Å². The molecule has 1 fully saturated rings. The van der Waals surface area contributed by atoms with Gasteiger partial charge in [0.25, 0.3) is 0 Å². The van der Waals surface area contributed by atoms with E-state index in [1.807, 2.05) is 18.2 Å². The van der Waals surface area contributed by atoms with Gasteiger partial charge in [-0.25, -0.2) is 4.39 Å². The number of aromatic nitrogens is 1. The molecule has 1 aromatic carbocycles. The zero-order valence-electron chi connectivity index (χ0n) is 14.4. The maximum atomic E-state index is 13.8. The molecule has 0 spiro atoms. The van der Waals surface area contributed by atoms with Gasteiger partial charge in [0.05, 0.1) is 0 Å². The standard InChI is InChI=1S/C19H25FN4/c1-15(22-14-16-5-7-21-8-6-16)18-13-17(20)3-4-19(18)24-11-9-23(2)10-12-24/h3-8,13,15,22H,9-12,14H2,1-2H3. The third kappa shape index (κ3) is 4.10. The average Bonchev–Trinajstić information content (AvgIpc) is 2.61. The number of hydrogen-bond donors (Lipinski definition) is 1. The van der Waals surface area contributed by atoms with E-state index in [0.29, 0.717) is 0 Å². The second kappa shape index (κ2) is 7.73. The lowest BCUT2D eigenvalue weighted by Crippen LogP contribution is -2.45. The van der Waals surface area contributed by atoms with Crippen molar-refractivity contribution in [1.82, 2.24) is 15.2 Å². The Morgan fingerprint density at radius 2 is 1.83 bits per heavy atom. The molecule has 0 amide bonds. The van der Waals surface area contributed by atoms with Crippen LogP contribution in [0.4, 0.5) is 10.1 Å². The normalized spacial score (nSPS) is 17.0. The van der Waals surface area contributed by atoms with Crippen molar-refractivity contribution < 1.29 is 4.39 Å². The molecule has 0 radical (unpaired) electrons. The first-order chi connectivity index (χ1) is 11.6. The quantitative estimate of drug-likeness (QED) is 0.914. The number of hydrogen-bond acceptors (Lipinski definition) is 4. The highest BCUT2D eigenvalue weighted by Gasteiger charge is 2.20. The minimum Gasteiger partial charge on any atom is -0.369 e. The molecule has 2 aromatic rings. The third-order valence-corrected chi connectivity index (χ3v) is 4.66. The van der Waals surface area contributed by atoms with E-state index in [0.717, 1.165) is 44.0 Å². The molecule has 1 saturated heterocycles. The predicted octanol–water partition coefficient (Wildman–Crippen LogP) is 2.82. The van der Waals surface area contributed by atoms with Gasteiger partial charge in [0.1, 0.15) is 5.82 Å². The molecule has 1 N–H and O–H groups in total. The summed E-state index contributed by atoms with van der Waals surface area (Å²) in [6, 6.07) is 9.20. The third-order valence-electron chi connectivity index (χ3n) is 4.66. The molecule has 0 saturated carbocycles. The maximum absolute atomic E-state index is 13.8. The Labute approximate surface area is 143 Å². The van der Waals surface area contributed by atoms with Crippen LogP contribution in [-0.2, 0) is 6.54 Å². The SMILES string of the molecule is CC(NCc1ccncc1)c1cc(F)ccc1N1CCN(C)CC1. The summed E-state index contributed by atoms with van der Waals surface area (Å²) < 4.78 is 13.8. The van der Waals surface area contributed by atoms with Crippen LogP contribution in [0.3, 0.4) is 0 Å². The summed E-state index contributed by atoms with van der Waals surface area (Å²) in [6.45, 7) is 6.86. The van der Waals surface area contributed by atoms with Crippen molar-refractivity contribution in [3.8, 4) is 0 Å². The first-order valence-corrected chi connectivity index (χ1v) is 8.48. The van der Waals surface area contributed by atoms with Gasteiger partial charge in [-0.1, -0.05) is 0 Å². The molecule has 4 nitrogen and oxygen atoms in total. The summed E-state index contributed by atoms with van der Waals surface area (Å²) in [6.07, 6.45) is 3.58. The lowest BCUT2D eigenvalue weighted by atomic mass is 10.0. The number of piperazine rings is 1. The summed E-state index contributed by atoms with van der Waals surface area (Å²) in [4.78, 5) is 8.72. The van der Waals surface area contributed by atoms with Gasteiger partial charge in [0.2, 0.25) is 0 Å². The fourth-order valence-electron chi connectivity index (χ4n) is 3.09. The molecule has 1 aromatic heterocycles. The van der Waals surface area contributed by atoms with Crippen LogP contribution in [0.2, 0.25) is 0 Å². The number of benzene rings is 1. The highest BCUT2D eigenvalue weighted by Crippen LogP contribution is 2.28. The van der Waals surface area contributed by atoms with E-state index in [1.54, 1.807) is 24.5 Å². The van der Waals surface area contributed by atoms with Crippen molar-refractivity contribution in [2.75, 3.05) is 38.1 Å². The Kier molecular flexibility index (Phi) is 5.43. The minimum atomic E-state index is -0.180. The summed E-state index contributed by atoms with van der Waals surface area (Å²) in [5.74, 6) is -0.180. The average molecular weight is 328 g/mol. The number of likely N-dealkylation sites (N-methyl/N-ethyl adjacent to an activating group) is 1. The van der Waals surface area contributed by atoms with Crippen molar-refractivity contribution in [3.05, 3.63) is 59.7 Å². The second-order valence-corrected chi connectivity index (χ2v) is 6.45. The molecule has 5 heteroatoms. The van der Waals surface area contributed by atoms with Crippen LogP contribution in [-0.4, -0.2) is 43.1 Å². The van der Waals surface area contributed by atoms with Crippen LogP contribution in [0.1, 0.15) is 24.1 Å². The minimum absolute atomic E-state index is 0.0727. The van der Waals surface area contributed by atoms with Crippen LogP contribution in [0, 0.1) is 5.82 Å². The Bertz CT molecular complexity index is 654. The fourth-order valence-corrected chi connectivity index (χ4v) is 3.09. The summed E-state index contributed by atoms with van der Waals surface area (Å²) in [5, 5.41) is 3.50. The zero-order valence-corrected chi connectivity index (χ0v) is 14.4. The molecule has 0 bridgehead atoms. The molecule has 24 heavy (non-hydrogen) atoms. The monoisotopic (exact) mass is 328 g/mol. The number of nitrogens with zero attached hydrogens (tertiary/aromatic N) is 3. The molecular formula is C19H25FN4. The molecule has 128 valence electrons. The maximum Gasteiger partial charge on any atom is 0.123 e. The largest absolute Gasteiger partial charge is 0.369 e. The Morgan fingerprint density at radius 3 is 2.54 bits per heavy atom. The molecule has 0 aliphatic carbocycles. The van der Waals surface area contributed by atoms with Crippen molar-refractivity contribution in [2.45, 2.75) is 19.5 Å². The van der Waals surface area contributed by atoms with Crippen LogP contribution >= 0.6 is 0 Å². The zero-order chi connectivity index (χ0) is 16.9. The van der Waals surface area contributed by atoms with Gasteiger partial charge in [-0.2, -0.15) is 0 Å². The Morgan fingerprint density at radius 1 is 1.12 bits per heavy atom. The van der Waals surface area contributed by atoms with Gasteiger partial charge in [-0.15, -0.1) is 0 Å². The van der Waals surface area contributed by atoms with E-state index in [1.165, 1.54) is 5.56 Å². The number of halogens is 1. The molecule has 1 aliphatic rings. The highest BCUT2D eigenvalue weighted by molar-refractivity contribution is 5.55. The number of pyridine rings is 1. The summed E-state index contributed by atoms with van der Waals surface area (Å²) >= 11 is 0. The smallest absolute Gasteiger partial charge is 0.123 e. The van der Waals surface area contributed by atoms with Crippen LogP contribution < -0.4 is 10.2 Å². The lowest BCUT2D eigenvalue weighted by molar-refractivity contribution is 0.312. The topological polar surface area (TPSA) is 31.4 Å². The molecule has 3 rings (SSSR count). The van der Waals surface area contributed by atoms with Gasteiger partial charge < -0.3 is 15.1 Å². The van der Waals surface area contributed by atoms with Crippen LogP contribution in [0.5, 0.6) is 0 Å². The Balaban J connectivity index is 1.74. The molecular weight excluding hydrogens is 303 g/mol. The van der Waals surface area contributed by atoms with Gasteiger partial charge in [0, 0.05) is 56.8 Å². The van der Waals surface area contributed by atoms with Gasteiger partial charge in [-0.05, 0) is 55.4 Å². The summed E-state index contributed by atoms with van der Waals surface area (Å²) in [7, 11) is 2.14. The van der Waals surface area contributed by atoms with Crippen molar-refractivity contribution in [3.63, 3.8) is 0 Å². The van der Waals surface area contributed by atoms with E-state index < -0.39 is 0 Å². The molecule has 2 heterocycles. The summed E-state index contributed by atoms with van der Waals surface area (Å²) in [5.41, 5.74) is 3.34. The van der Waals surface area contributed by atoms with Crippen LogP contribution in [0.25, 0.3) is 0 Å². The number of nitrogens with one attached hydrogen (secondary N) is 1. The van der Waals surface area contributed by atoms with E-state index in [9.17, 15) is 4.39 Å². The second-order valence-electron chi connectivity index (χ2n) is 6.45. The molecule has 1 unspecified atom stereocenters. The van der Waals surface area contributed by atoms with E-state index >= 15 is 0 Å². The van der Waals surface area contributed by atoms with Crippen molar-refractivity contribution in [2.24, 2.45) is 0 Å². The molecule has 1 aliphatic heterocycles. The first-order valence-electron chi connectivity index (χ1n) is 8.48. The van der Waals surface area contributed by atoms with Gasteiger partial charge >= 0.3 is 0 Å². The fraction of sp³-hybridized carbons (Fsp3) is 0.421. The lowest BCUT2D eigenvalue weighted by Gasteiger charge is -2.36. The predicted molar refractivity (Wildman–Crippen MR) is 95.6 cm³/mol. The Hall–Kier alpha value is -1.98. The number of rotatable bonds is 5. The van der Waals surface area contributed by atoms with E-state index in [-0.39, 0.29) is 11.9 Å². The van der Waals surface area contributed by atoms with Crippen LogP contribution in [0.15, 0.2) is 42.7 Å². The van der Waals surface area contributed by atoms with Gasteiger partial charge in [0.15, 0.2) is 0 Å². The van der Waals surface area contributed by atoms with E-state index in [2.05, 4.69) is 34.1 Å². The van der Waals surface area contributed by atoms with E-state index in [4.69, 9.17) is 0 Å². The first kappa shape index (κ1) is 16.9. The highest BCUT2D eigenvalue weighted by atomic mass is 19.1. The van der Waals surface area contributed by atoms with Gasteiger partial charge in [-0.3, -0.25) is 4.98 Å². The molecule has 1 atom stereocenters. The van der Waals surface area contributed by atoms with Crippen molar-refractivity contribution >= 4 is 5.69 Å². The number of anilines is 1.